The summed E-state index contributed by atoms with van der Waals surface area (Å²) < 4.78 is 11.0. The van der Waals surface area contributed by atoms with E-state index in [9.17, 15) is 14.4 Å². The van der Waals surface area contributed by atoms with Crippen LogP contribution in [0.2, 0.25) is 5.02 Å². The number of benzene rings is 3. The zero-order valence-corrected chi connectivity index (χ0v) is 26.8. The molecule has 0 saturated heterocycles. The van der Waals surface area contributed by atoms with Gasteiger partial charge in [-0.15, -0.1) is 5.10 Å². The van der Waals surface area contributed by atoms with Crippen molar-refractivity contribution in [1.82, 2.24) is 5.01 Å². The van der Waals surface area contributed by atoms with Crippen LogP contribution in [0.1, 0.15) is 81.0 Å². The first-order valence-corrected chi connectivity index (χ1v) is 15.9. The van der Waals surface area contributed by atoms with E-state index in [0.717, 1.165) is 47.9 Å². The van der Waals surface area contributed by atoms with E-state index in [1.165, 1.54) is 5.01 Å². The summed E-state index contributed by atoms with van der Waals surface area (Å²) in [6.07, 6.45) is 4.84. The zero-order chi connectivity index (χ0) is 32.0. The van der Waals surface area contributed by atoms with E-state index in [4.69, 9.17) is 21.1 Å². The minimum Gasteiger partial charge on any atom is -0.466 e. The molecular formula is C36H40ClN3O5. The monoisotopic (exact) mass is 629 g/mol. The first-order chi connectivity index (χ1) is 21.6. The van der Waals surface area contributed by atoms with Gasteiger partial charge in [0, 0.05) is 12.0 Å². The van der Waals surface area contributed by atoms with Gasteiger partial charge in [-0.1, -0.05) is 73.0 Å². The number of amides is 2. The molecule has 9 heteroatoms. The van der Waals surface area contributed by atoms with Crippen LogP contribution >= 0.6 is 11.6 Å². The number of anilines is 1. The molecule has 5 rings (SSSR count). The second-order valence-corrected chi connectivity index (χ2v) is 13.1. The Morgan fingerprint density at radius 2 is 1.71 bits per heavy atom. The normalized spacial score (nSPS) is 16.1. The van der Waals surface area contributed by atoms with Crippen molar-refractivity contribution in [2.45, 2.75) is 77.4 Å². The molecule has 2 aliphatic rings. The third-order valence-electron chi connectivity index (χ3n) is 8.00. The Labute approximate surface area is 269 Å². The molecule has 45 heavy (non-hydrogen) atoms. The topological polar surface area (TPSA) is 97.3 Å². The van der Waals surface area contributed by atoms with Crippen LogP contribution in [0.25, 0.3) is 0 Å². The van der Waals surface area contributed by atoms with Crippen molar-refractivity contribution >= 4 is 41.0 Å². The molecule has 1 heterocycles. The molecule has 1 saturated carbocycles. The lowest BCUT2D eigenvalue weighted by molar-refractivity contribution is -0.154. The van der Waals surface area contributed by atoms with Gasteiger partial charge in [-0.25, -0.2) is 5.01 Å². The van der Waals surface area contributed by atoms with E-state index in [0.29, 0.717) is 29.6 Å². The van der Waals surface area contributed by atoms with Crippen molar-refractivity contribution in [2.75, 3.05) is 11.9 Å². The lowest BCUT2D eigenvalue weighted by Gasteiger charge is -2.25. The summed E-state index contributed by atoms with van der Waals surface area (Å²) in [7, 11) is 0. The van der Waals surface area contributed by atoms with Gasteiger partial charge in [-0.2, -0.15) is 0 Å². The van der Waals surface area contributed by atoms with Crippen molar-refractivity contribution in [2.24, 2.45) is 11.0 Å². The van der Waals surface area contributed by atoms with Crippen molar-refractivity contribution in [3.05, 3.63) is 100 Å². The molecule has 1 atom stereocenters. The molecular weight excluding hydrogens is 590 g/mol. The van der Waals surface area contributed by atoms with Crippen LogP contribution < -0.4 is 5.32 Å². The molecule has 0 spiro atoms. The molecule has 3 aromatic rings. The molecule has 1 aliphatic heterocycles. The summed E-state index contributed by atoms with van der Waals surface area (Å²) in [6, 6.07) is 22.8. The van der Waals surface area contributed by atoms with E-state index in [2.05, 4.69) is 10.4 Å². The number of carbonyl (C=O) groups is 3. The maximum atomic E-state index is 13.9. The number of esters is 1. The van der Waals surface area contributed by atoms with Gasteiger partial charge >= 0.3 is 5.97 Å². The molecule has 236 valence electrons. The number of ether oxygens (including phenoxy) is 2. The second kappa shape index (κ2) is 14.3. The molecule has 0 bridgehead atoms. The quantitative estimate of drug-likeness (QED) is 0.238. The molecule has 1 N–H and O–H groups in total. The number of hydrogen-bond acceptors (Lipinski definition) is 6. The van der Waals surface area contributed by atoms with E-state index in [1.807, 2.05) is 87.5 Å². The average molecular weight is 630 g/mol. The Bertz CT molecular complexity index is 1540. The van der Waals surface area contributed by atoms with Crippen molar-refractivity contribution < 1.29 is 23.9 Å². The summed E-state index contributed by atoms with van der Waals surface area (Å²) in [6.45, 7) is 5.76. The van der Waals surface area contributed by atoms with E-state index < -0.39 is 5.60 Å². The number of aryl methyl sites for hydroxylation is 1. The molecule has 1 fully saturated rings. The number of rotatable bonds is 10. The SMILES string of the molecule is CC(C)(C)OC(=O)CCc1ccc(Cl)c(NC(=O)C(c2ccc(CN3N=C(c4ccccc4)OCC3=O)cc2)C2CCCC2)c1. The Morgan fingerprint density at radius 1 is 1.02 bits per heavy atom. The van der Waals surface area contributed by atoms with Crippen LogP contribution in [0.5, 0.6) is 0 Å². The van der Waals surface area contributed by atoms with Gasteiger partial charge in [0.1, 0.15) is 5.60 Å². The minimum atomic E-state index is -0.538. The molecule has 1 unspecified atom stereocenters. The maximum Gasteiger partial charge on any atom is 0.306 e. The Balaban J connectivity index is 1.29. The van der Waals surface area contributed by atoms with Crippen LogP contribution in [0, 0.1) is 5.92 Å². The van der Waals surface area contributed by atoms with Crippen LogP contribution in [0.15, 0.2) is 77.9 Å². The standard InChI is InChI=1S/C36H40ClN3O5/c1-36(2,3)45-32(42)20-16-24-15-19-29(37)30(21-24)38-34(43)33(26-9-7-8-10-26)27-17-13-25(14-18-27)22-40-31(41)23-44-35(39-40)28-11-5-4-6-12-28/h4-6,11-15,17-19,21,26,33H,7-10,16,20,22-23H2,1-3H3,(H,38,43). The highest BCUT2D eigenvalue weighted by atomic mass is 35.5. The summed E-state index contributed by atoms with van der Waals surface area (Å²) in [5.74, 6) is -0.320. The Kier molecular flexibility index (Phi) is 10.2. The van der Waals surface area contributed by atoms with Gasteiger partial charge in [0.2, 0.25) is 11.8 Å². The van der Waals surface area contributed by atoms with Gasteiger partial charge in [0.05, 0.1) is 23.2 Å². The number of nitrogens with zero attached hydrogens (tertiary/aromatic N) is 2. The summed E-state index contributed by atoms with van der Waals surface area (Å²) >= 11 is 6.52. The van der Waals surface area contributed by atoms with Gasteiger partial charge in [0.25, 0.3) is 5.91 Å². The van der Waals surface area contributed by atoms with E-state index in [-0.39, 0.29) is 42.6 Å². The van der Waals surface area contributed by atoms with Gasteiger partial charge in [-0.3, -0.25) is 14.4 Å². The number of carbonyl (C=O) groups excluding carboxylic acids is 3. The van der Waals surface area contributed by atoms with Crippen molar-refractivity contribution in [3.8, 4) is 0 Å². The van der Waals surface area contributed by atoms with E-state index >= 15 is 0 Å². The zero-order valence-electron chi connectivity index (χ0n) is 26.1. The predicted octanol–water partition coefficient (Wildman–Crippen LogP) is 7.25. The van der Waals surface area contributed by atoms with Crippen LogP contribution in [0.3, 0.4) is 0 Å². The molecule has 3 aromatic carbocycles. The fourth-order valence-electron chi connectivity index (χ4n) is 5.85. The number of nitrogens with one attached hydrogen (secondary N) is 1. The van der Waals surface area contributed by atoms with Crippen molar-refractivity contribution in [1.29, 1.82) is 0 Å². The van der Waals surface area contributed by atoms with Crippen LogP contribution in [0.4, 0.5) is 5.69 Å². The number of hydrogen-bond donors (Lipinski definition) is 1. The van der Waals surface area contributed by atoms with E-state index in [1.54, 1.807) is 6.07 Å². The second-order valence-electron chi connectivity index (χ2n) is 12.7. The first kappa shape index (κ1) is 32.2. The van der Waals surface area contributed by atoms with Gasteiger partial charge in [-0.05, 0) is 86.9 Å². The summed E-state index contributed by atoms with van der Waals surface area (Å²) in [5, 5.41) is 9.41. The van der Waals surface area contributed by atoms with Crippen LogP contribution in [-0.2, 0) is 36.8 Å². The molecule has 0 radical (unpaired) electrons. The molecule has 1 aliphatic carbocycles. The average Bonchev–Trinajstić information content (AvgIpc) is 3.54. The van der Waals surface area contributed by atoms with Crippen LogP contribution in [-0.4, -0.2) is 40.9 Å². The third-order valence-corrected chi connectivity index (χ3v) is 8.33. The number of halogens is 1. The Morgan fingerprint density at radius 3 is 2.40 bits per heavy atom. The fourth-order valence-corrected chi connectivity index (χ4v) is 6.01. The lowest BCUT2D eigenvalue weighted by atomic mass is 9.83. The highest BCUT2D eigenvalue weighted by Crippen LogP contribution is 2.39. The highest BCUT2D eigenvalue weighted by molar-refractivity contribution is 6.33. The minimum absolute atomic E-state index is 0.0689. The summed E-state index contributed by atoms with van der Waals surface area (Å²) in [4.78, 5) is 38.7. The largest absolute Gasteiger partial charge is 0.466 e. The summed E-state index contributed by atoms with van der Waals surface area (Å²) in [5.41, 5.74) is 3.51. The predicted molar refractivity (Wildman–Crippen MR) is 175 cm³/mol. The smallest absolute Gasteiger partial charge is 0.306 e. The fraction of sp³-hybridized carbons (Fsp3) is 0.389. The lowest BCUT2D eigenvalue weighted by Crippen LogP contribution is -2.36. The van der Waals surface area contributed by atoms with Crippen molar-refractivity contribution in [3.63, 3.8) is 0 Å². The molecule has 2 amide bonds. The van der Waals surface area contributed by atoms with Gasteiger partial charge in [0.15, 0.2) is 6.61 Å². The maximum absolute atomic E-state index is 13.9. The van der Waals surface area contributed by atoms with Gasteiger partial charge < -0.3 is 14.8 Å². The Hall–Kier alpha value is -4.17. The number of hydrazone groups is 1. The molecule has 8 nitrogen and oxygen atoms in total. The first-order valence-electron chi connectivity index (χ1n) is 15.5. The third kappa shape index (κ3) is 8.72. The highest BCUT2D eigenvalue weighted by Gasteiger charge is 2.32. The molecule has 0 aromatic heterocycles.